The number of hydrogen-bond acceptors (Lipinski definition) is 9. The van der Waals surface area contributed by atoms with Crippen molar-refractivity contribution in [1.29, 1.82) is 0 Å². The van der Waals surface area contributed by atoms with Crippen LogP contribution in [0.5, 0.6) is 0 Å². The number of rotatable bonds is 9. The zero-order valence-electron chi connectivity index (χ0n) is 17.0. The van der Waals surface area contributed by atoms with Gasteiger partial charge in [0.15, 0.2) is 5.69 Å². The number of nitrogens with one attached hydrogen (secondary N) is 1. The minimum absolute atomic E-state index is 0.141. The molecule has 1 N–H and O–H groups in total. The van der Waals surface area contributed by atoms with Crippen LogP contribution in [0.25, 0.3) is 11.3 Å². The molecule has 0 saturated heterocycles. The highest BCUT2D eigenvalue weighted by Gasteiger charge is 2.12. The summed E-state index contributed by atoms with van der Waals surface area (Å²) >= 11 is 0. The number of anilines is 1. The minimum Gasteiger partial charge on any atom is -0.464 e. The molecule has 0 spiro atoms. The third kappa shape index (κ3) is 6.45. The van der Waals surface area contributed by atoms with Crippen molar-refractivity contribution in [2.24, 2.45) is 0 Å². The van der Waals surface area contributed by atoms with Gasteiger partial charge in [0, 0.05) is 25.1 Å². The van der Waals surface area contributed by atoms with Crippen molar-refractivity contribution in [1.82, 2.24) is 30.0 Å². The van der Waals surface area contributed by atoms with Crippen LogP contribution in [0.15, 0.2) is 36.7 Å². The lowest BCUT2D eigenvalue weighted by molar-refractivity contribution is -0.142. The second-order valence-corrected chi connectivity index (χ2v) is 6.45. The van der Waals surface area contributed by atoms with Gasteiger partial charge in [-0.1, -0.05) is 22.6 Å². The molecule has 12 heteroatoms. The van der Waals surface area contributed by atoms with Crippen LogP contribution in [-0.4, -0.2) is 61.0 Å². The van der Waals surface area contributed by atoms with Crippen LogP contribution in [0, 0.1) is 0 Å². The molecule has 2 heterocycles. The molecule has 162 valence electrons. The first kappa shape index (κ1) is 21.6. The monoisotopic (exact) mass is 427 g/mol. The topological polar surface area (TPSA) is 143 Å². The Morgan fingerprint density at radius 3 is 2.06 bits per heavy atom. The Hall–Kier alpha value is -4.09. The largest absolute Gasteiger partial charge is 0.464 e. The molecular formula is C19H21N7O5. The zero-order valence-corrected chi connectivity index (χ0v) is 17.0. The summed E-state index contributed by atoms with van der Waals surface area (Å²) in [6.45, 7) is 3.74. The van der Waals surface area contributed by atoms with Crippen LogP contribution in [0.2, 0.25) is 0 Å². The Labute approximate surface area is 177 Å². The van der Waals surface area contributed by atoms with E-state index in [2.05, 4.69) is 25.9 Å². The average Bonchev–Trinajstić information content (AvgIpc) is 3.38. The number of hydrogen-bond donors (Lipinski definition) is 1. The van der Waals surface area contributed by atoms with Gasteiger partial charge in [-0.15, -0.1) is 10.2 Å². The molecule has 0 aliphatic heterocycles. The molecular weight excluding hydrogens is 406 g/mol. The Morgan fingerprint density at radius 1 is 0.871 bits per heavy atom. The van der Waals surface area contributed by atoms with Crippen molar-refractivity contribution in [2.45, 2.75) is 26.9 Å². The Morgan fingerprint density at radius 2 is 1.45 bits per heavy atom. The molecule has 1 amide bonds. The maximum Gasteiger partial charge on any atom is 0.302 e. The molecule has 0 bridgehead atoms. The first-order valence-electron chi connectivity index (χ1n) is 9.39. The molecule has 2 aromatic heterocycles. The van der Waals surface area contributed by atoms with E-state index >= 15 is 0 Å². The van der Waals surface area contributed by atoms with Crippen LogP contribution in [0.3, 0.4) is 0 Å². The number of nitrogens with zero attached hydrogens (tertiary/aromatic N) is 6. The molecule has 0 saturated carbocycles. The summed E-state index contributed by atoms with van der Waals surface area (Å²) in [5, 5.41) is 18.5. The average molecular weight is 427 g/mol. The maximum atomic E-state index is 12.3. The van der Waals surface area contributed by atoms with Crippen LogP contribution < -0.4 is 5.32 Å². The number of carbonyl (C=O) groups excluding carboxylic acids is 3. The lowest BCUT2D eigenvalue weighted by Crippen LogP contribution is -2.12. The number of amides is 1. The Balaban J connectivity index is 1.54. The van der Waals surface area contributed by atoms with Crippen molar-refractivity contribution >= 4 is 23.5 Å². The number of esters is 2. The molecule has 0 unspecified atom stereocenters. The van der Waals surface area contributed by atoms with Crippen LogP contribution in [0.4, 0.5) is 5.69 Å². The van der Waals surface area contributed by atoms with Gasteiger partial charge in [0.2, 0.25) is 0 Å². The highest BCUT2D eigenvalue weighted by molar-refractivity contribution is 6.02. The van der Waals surface area contributed by atoms with Gasteiger partial charge in [-0.05, 0) is 12.1 Å². The predicted molar refractivity (Wildman–Crippen MR) is 107 cm³/mol. The van der Waals surface area contributed by atoms with Crippen molar-refractivity contribution in [3.05, 3.63) is 42.4 Å². The Kier molecular flexibility index (Phi) is 7.04. The van der Waals surface area contributed by atoms with Gasteiger partial charge in [-0.25, -0.2) is 9.36 Å². The standard InChI is InChI=1S/C19H21N7O5/c1-13(27)30-9-7-25-11-17(21-23-25)15-3-5-16(6-4-15)20-19(29)18-12-26(24-22-18)8-10-31-14(2)28/h3-6,11-12H,7-10H2,1-2H3,(H,20,29). The highest BCUT2D eigenvalue weighted by Crippen LogP contribution is 2.19. The molecule has 0 fully saturated rings. The normalized spacial score (nSPS) is 10.5. The summed E-state index contributed by atoms with van der Waals surface area (Å²) in [7, 11) is 0. The van der Waals surface area contributed by atoms with Crippen LogP contribution in [-0.2, 0) is 32.2 Å². The Bertz CT molecular complexity index is 1060. The predicted octanol–water partition coefficient (Wildman–Crippen LogP) is 0.915. The molecule has 1 aromatic carbocycles. The van der Waals surface area contributed by atoms with E-state index in [1.54, 1.807) is 35.1 Å². The van der Waals surface area contributed by atoms with Gasteiger partial charge in [-0.2, -0.15) is 0 Å². The molecule has 0 radical (unpaired) electrons. The number of benzene rings is 1. The quantitative estimate of drug-likeness (QED) is 0.493. The second kappa shape index (κ2) is 10.1. The number of ether oxygens (including phenoxy) is 2. The molecule has 0 atom stereocenters. The molecule has 31 heavy (non-hydrogen) atoms. The SMILES string of the molecule is CC(=O)OCCn1cc(C(=O)Nc2ccc(-c3cn(CCOC(C)=O)nn3)cc2)nn1. The van der Waals surface area contributed by atoms with Gasteiger partial charge in [-0.3, -0.25) is 14.4 Å². The summed E-state index contributed by atoms with van der Waals surface area (Å²) in [5.74, 6) is -1.14. The minimum atomic E-state index is -0.414. The van der Waals surface area contributed by atoms with Gasteiger partial charge < -0.3 is 14.8 Å². The van der Waals surface area contributed by atoms with E-state index in [9.17, 15) is 14.4 Å². The van der Waals surface area contributed by atoms with E-state index in [4.69, 9.17) is 9.47 Å². The van der Waals surface area contributed by atoms with E-state index in [-0.39, 0.29) is 30.8 Å². The maximum absolute atomic E-state index is 12.3. The van der Waals surface area contributed by atoms with E-state index in [0.717, 1.165) is 5.56 Å². The summed E-state index contributed by atoms with van der Waals surface area (Å²) in [6, 6.07) is 7.06. The lowest BCUT2D eigenvalue weighted by Gasteiger charge is -2.04. The van der Waals surface area contributed by atoms with Gasteiger partial charge in [0.1, 0.15) is 18.9 Å². The van der Waals surface area contributed by atoms with Gasteiger partial charge >= 0.3 is 11.9 Å². The number of aromatic nitrogens is 6. The van der Waals surface area contributed by atoms with Crippen LogP contribution in [0.1, 0.15) is 24.3 Å². The third-order valence-corrected chi connectivity index (χ3v) is 4.00. The van der Waals surface area contributed by atoms with E-state index in [1.165, 1.54) is 24.7 Å². The van der Waals surface area contributed by atoms with Crippen LogP contribution >= 0.6 is 0 Å². The second-order valence-electron chi connectivity index (χ2n) is 6.45. The third-order valence-electron chi connectivity index (χ3n) is 4.00. The number of carbonyl (C=O) groups is 3. The zero-order chi connectivity index (χ0) is 22.2. The van der Waals surface area contributed by atoms with E-state index in [0.29, 0.717) is 24.5 Å². The van der Waals surface area contributed by atoms with E-state index < -0.39 is 5.91 Å². The van der Waals surface area contributed by atoms with Gasteiger partial charge in [0.25, 0.3) is 5.91 Å². The fourth-order valence-electron chi connectivity index (χ4n) is 2.54. The van der Waals surface area contributed by atoms with Crippen molar-refractivity contribution in [3.63, 3.8) is 0 Å². The molecule has 12 nitrogen and oxygen atoms in total. The summed E-state index contributed by atoms with van der Waals surface area (Å²) in [5.41, 5.74) is 2.18. The molecule has 3 aromatic rings. The summed E-state index contributed by atoms with van der Waals surface area (Å²) < 4.78 is 12.7. The highest BCUT2D eigenvalue weighted by atomic mass is 16.5. The molecule has 0 aliphatic carbocycles. The fourth-order valence-corrected chi connectivity index (χ4v) is 2.54. The van der Waals surface area contributed by atoms with Gasteiger partial charge in [0.05, 0.1) is 25.5 Å². The fraction of sp³-hybridized carbons (Fsp3) is 0.316. The summed E-state index contributed by atoms with van der Waals surface area (Å²) in [6.07, 6.45) is 3.21. The van der Waals surface area contributed by atoms with Crippen molar-refractivity contribution in [2.75, 3.05) is 18.5 Å². The smallest absolute Gasteiger partial charge is 0.302 e. The van der Waals surface area contributed by atoms with Crippen molar-refractivity contribution in [3.8, 4) is 11.3 Å². The first-order valence-corrected chi connectivity index (χ1v) is 9.39. The first-order chi connectivity index (χ1) is 14.9. The summed E-state index contributed by atoms with van der Waals surface area (Å²) in [4.78, 5) is 33.9. The molecule has 3 rings (SSSR count). The molecule has 0 aliphatic rings. The lowest BCUT2D eigenvalue weighted by atomic mass is 10.1. The van der Waals surface area contributed by atoms with Crippen molar-refractivity contribution < 1.29 is 23.9 Å². The van der Waals surface area contributed by atoms with E-state index in [1.807, 2.05) is 0 Å².